The molecular weight excluding hydrogens is 205 g/mol. The first-order valence-electron chi connectivity index (χ1n) is 5.40. The molecule has 5 heteroatoms. The van der Waals surface area contributed by atoms with E-state index < -0.39 is 12.6 Å². The second-order valence-corrected chi connectivity index (χ2v) is 4.07. The van der Waals surface area contributed by atoms with E-state index in [1.807, 2.05) is 0 Å². The lowest BCUT2D eigenvalue weighted by Gasteiger charge is -2.09. The van der Waals surface area contributed by atoms with Crippen LogP contribution in [-0.4, -0.2) is 32.4 Å². The van der Waals surface area contributed by atoms with Crippen LogP contribution in [0.2, 0.25) is 0 Å². The van der Waals surface area contributed by atoms with Gasteiger partial charge in [0.15, 0.2) is 0 Å². The molecule has 0 radical (unpaired) electrons. The number of hydrogen-bond acceptors (Lipinski definition) is 2. The molecule has 0 aliphatic rings. The summed E-state index contributed by atoms with van der Waals surface area (Å²) in [5.41, 5.74) is 0. The van der Waals surface area contributed by atoms with Crippen molar-refractivity contribution in [1.29, 1.82) is 0 Å². The number of rotatable bonds is 8. The molecule has 0 aliphatic carbocycles. The molecule has 0 aromatic carbocycles. The van der Waals surface area contributed by atoms with Crippen molar-refractivity contribution in [3.05, 3.63) is 0 Å². The van der Waals surface area contributed by atoms with Gasteiger partial charge in [-0.15, -0.1) is 0 Å². The van der Waals surface area contributed by atoms with Gasteiger partial charge < -0.3 is 10.6 Å². The van der Waals surface area contributed by atoms with E-state index in [-0.39, 0.29) is 6.42 Å². The zero-order valence-corrected chi connectivity index (χ0v) is 9.45. The molecule has 2 N–H and O–H groups in total. The predicted molar refractivity (Wildman–Crippen MR) is 55.9 cm³/mol. The second-order valence-electron chi connectivity index (χ2n) is 4.07. The van der Waals surface area contributed by atoms with Crippen molar-refractivity contribution >= 4 is 0 Å². The average Bonchev–Trinajstić information content (AvgIpc) is 2.07. The van der Waals surface area contributed by atoms with Gasteiger partial charge in [0.1, 0.15) is 0 Å². The van der Waals surface area contributed by atoms with Crippen LogP contribution >= 0.6 is 0 Å². The van der Waals surface area contributed by atoms with Crippen LogP contribution in [0.1, 0.15) is 26.7 Å². The van der Waals surface area contributed by atoms with Crippen LogP contribution in [-0.2, 0) is 0 Å². The standard InChI is InChI=1S/C10H21F3N2/c1-9(2)8-15-7-6-14-5-3-4-10(11,12)13/h9,14-15H,3-8H2,1-2H3. The van der Waals surface area contributed by atoms with Crippen molar-refractivity contribution in [3.8, 4) is 0 Å². The summed E-state index contributed by atoms with van der Waals surface area (Å²) in [5, 5.41) is 6.18. The van der Waals surface area contributed by atoms with Crippen LogP contribution in [0.5, 0.6) is 0 Å². The first-order chi connectivity index (χ1) is 6.92. The Morgan fingerprint density at radius 3 is 2.13 bits per heavy atom. The lowest BCUT2D eigenvalue weighted by atomic mass is 10.2. The van der Waals surface area contributed by atoms with Crippen molar-refractivity contribution in [2.75, 3.05) is 26.2 Å². The van der Waals surface area contributed by atoms with Gasteiger partial charge in [-0.3, -0.25) is 0 Å². The summed E-state index contributed by atoms with van der Waals surface area (Å²) in [6.07, 6.45) is -4.55. The van der Waals surface area contributed by atoms with Crippen molar-refractivity contribution < 1.29 is 13.2 Å². The van der Waals surface area contributed by atoms with E-state index in [1.54, 1.807) is 0 Å². The van der Waals surface area contributed by atoms with Crippen molar-refractivity contribution in [2.24, 2.45) is 5.92 Å². The quantitative estimate of drug-likeness (QED) is 0.620. The molecule has 0 aromatic rings. The predicted octanol–water partition coefficient (Wildman–Crippen LogP) is 2.16. The van der Waals surface area contributed by atoms with E-state index in [9.17, 15) is 13.2 Å². The van der Waals surface area contributed by atoms with E-state index in [4.69, 9.17) is 0 Å². The maximum Gasteiger partial charge on any atom is 0.389 e. The third kappa shape index (κ3) is 13.7. The third-order valence-electron chi connectivity index (χ3n) is 1.84. The van der Waals surface area contributed by atoms with Gasteiger partial charge in [0, 0.05) is 19.5 Å². The molecular formula is C10H21F3N2. The Kier molecular flexibility index (Phi) is 7.78. The van der Waals surface area contributed by atoms with Gasteiger partial charge in [0.25, 0.3) is 0 Å². The fourth-order valence-electron chi connectivity index (χ4n) is 1.11. The normalized spacial score (nSPS) is 12.4. The minimum atomic E-state index is -4.02. The molecule has 2 nitrogen and oxygen atoms in total. The van der Waals surface area contributed by atoms with Crippen LogP contribution in [0.4, 0.5) is 13.2 Å². The molecule has 15 heavy (non-hydrogen) atoms. The number of nitrogens with one attached hydrogen (secondary N) is 2. The zero-order valence-electron chi connectivity index (χ0n) is 9.45. The van der Waals surface area contributed by atoms with Gasteiger partial charge in [0.2, 0.25) is 0 Å². The second kappa shape index (κ2) is 7.93. The van der Waals surface area contributed by atoms with Crippen molar-refractivity contribution in [2.45, 2.75) is 32.9 Å². The first kappa shape index (κ1) is 14.7. The van der Waals surface area contributed by atoms with E-state index in [0.29, 0.717) is 12.5 Å². The summed E-state index contributed by atoms with van der Waals surface area (Å²) in [5.74, 6) is 0.607. The zero-order chi connectivity index (χ0) is 11.7. The molecule has 0 atom stereocenters. The molecule has 0 rings (SSSR count). The van der Waals surface area contributed by atoms with E-state index in [1.165, 1.54) is 0 Å². The lowest BCUT2D eigenvalue weighted by molar-refractivity contribution is -0.135. The molecule has 0 saturated heterocycles. The highest BCUT2D eigenvalue weighted by Crippen LogP contribution is 2.20. The fourth-order valence-corrected chi connectivity index (χ4v) is 1.11. The van der Waals surface area contributed by atoms with Crippen LogP contribution in [0.15, 0.2) is 0 Å². The number of hydrogen-bond donors (Lipinski definition) is 2. The van der Waals surface area contributed by atoms with E-state index in [0.717, 1.165) is 19.6 Å². The van der Waals surface area contributed by atoms with Crippen LogP contribution in [0.25, 0.3) is 0 Å². The smallest absolute Gasteiger partial charge is 0.315 e. The highest BCUT2D eigenvalue weighted by atomic mass is 19.4. The molecule has 0 bridgehead atoms. The molecule has 0 amide bonds. The Morgan fingerprint density at radius 1 is 1.00 bits per heavy atom. The van der Waals surface area contributed by atoms with E-state index in [2.05, 4.69) is 24.5 Å². The Morgan fingerprint density at radius 2 is 1.60 bits per heavy atom. The van der Waals surface area contributed by atoms with E-state index >= 15 is 0 Å². The molecule has 92 valence electrons. The summed E-state index contributed by atoms with van der Waals surface area (Å²) in [4.78, 5) is 0. The van der Waals surface area contributed by atoms with Gasteiger partial charge in [0.05, 0.1) is 0 Å². The largest absolute Gasteiger partial charge is 0.389 e. The van der Waals surface area contributed by atoms with Gasteiger partial charge in [-0.25, -0.2) is 0 Å². The molecule has 0 heterocycles. The lowest BCUT2D eigenvalue weighted by Crippen LogP contribution is -2.30. The molecule has 0 aliphatic heterocycles. The van der Waals surface area contributed by atoms with Gasteiger partial charge in [-0.05, 0) is 25.4 Å². The maximum absolute atomic E-state index is 11.7. The summed E-state index contributed by atoms with van der Waals surface area (Å²) in [6, 6.07) is 0. The van der Waals surface area contributed by atoms with Crippen molar-refractivity contribution in [1.82, 2.24) is 10.6 Å². The Bertz CT molecular complexity index is 146. The topological polar surface area (TPSA) is 24.1 Å². The van der Waals surface area contributed by atoms with Gasteiger partial charge >= 0.3 is 6.18 Å². The number of halogens is 3. The number of alkyl halides is 3. The summed E-state index contributed by atoms with van der Waals surface area (Å²) < 4.78 is 35.2. The van der Waals surface area contributed by atoms with Crippen LogP contribution in [0.3, 0.4) is 0 Å². The maximum atomic E-state index is 11.7. The Hall–Kier alpha value is -0.290. The summed E-state index contributed by atoms with van der Waals surface area (Å²) in [6.45, 7) is 7.15. The van der Waals surface area contributed by atoms with Crippen LogP contribution < -0.4 is 10.6 Å². The molecule has 0 aromatic heterocycles. The minimum Gasteiger partial charge on any atom is -0.315 e. The highest BCUT2D eigenvalue weighted by Gasteiger charge is 2.25. The van der Waals surface area contributed by atoms with Crippen molar-refractivity contribution in [3.63, 3.8) is 0 Å². The first-order valence-corrected chi connectivity index (χ1v) is 5.40. The SMILES string of the molecule is CC(C)CNCCNCCCC(F)(F)F. The summed E-state index contributed by atoms with van der Waals surface area (Å²) in [7, 11) is 0. The Labute approximate surface area is 89.6 Å². The molecule has 0 unspecified atom stereocenters. The highest BCUT2D eigenvalue weighted by molar-refractivity contribution is 4.56. The molecule has 0 saturated carbocycles. The Balaban J connectivity index is 3.06. The monoisotopic (exact) mass is 226 g/mol. The van der Waals surface area contributed by atoms with Gasteiger partial charge in [-0.1, -0.05) is 13.8 Å². The third-order valence-corrected chi connectivity index (χ3v) is 1.84. The molecule has 0 fully saturated rings. The molecule has 0 spiro atoms. The average molecular weight is 226 g/mol. The minimum absolute atomic E-state index is 0.160. The summed E-state index contributed by atoms with van der Waals surface area (Å²) >= 11 is 0. The van der Waals surface area contributed by atoms with Gasteiger partial charge in [-0.2, -0.15) is 13.2 Å². The fraction of sp³-hybridized carbons (Fsp3) is 1.00. The van der Waals surface area contributed by atoms with Crippen LogP contribution in [0, 0.1) is 5.92 Å².